The number of guanidine groups is 1. The van der Waals surface area contributed by atoms with Crippen LogP contribution in [0.25, 0.3) is 0 Å². The normalized spacial score (nSPS) is 10.6. The SMILES string of the molecule is NC(N)=NN=Cc1cc(Cl)ccc1OCc1ccccc1Cl. The second-order valence-electron chi connectivity index (χ2n) is 4.33. The Kier molecular flexibility index (Phi) is 5.63. The maximum absolute atomic E-state index is 6.10. The average molecular weight is 337 g/mol. The minimum atomic E-state index is -0.128. The molecule has 7 heteroatoms. The van der Waals surface area contributed by atoms with E-state index in [4.69, 9.17) is 39.4 Å². The summed E-state index contributed by atoms with van der Waals surface area (Å²) in [4.78, 5) is 0. The molecule has 0 aliphatic heterocycles. The number of ether oxygens (including phenoxy) is 1. The first kappa shape index (κ1) is 16.1. The zero-order valence-corrected chi connectivity index (χ0v) is 13.1. The molecule has 2 aromatic carbocycles. The third-order valence-electron chi connectivity index (χ3n) is 2.68. The Morgan fingerprint density at radius 3 is 2.64 bits per heavy atom. The van der Waals surface area contributed by atoms with Crippen LogP contribution in [0.5, 0.6) is 5.75 Å². The highest BCUT2D eigenvalue weighted by atomic mass is 35.5. The molecule has 22 heavy (non-hydrogen) atoms. The molecule has 0 bridgehead atoms. The van der Waals surface area contributed by atoms with Gasteiger partial charge in [0.25, 0.3) is 0 Å². The third-order valence-corrected chi connectivity index (χ3v) is 3.29. The maximum Gasteiger partial charge on any atom is 0.211 e. The quantitative estimate of drug-likeness (QED) is 0.499. The van der Waals surface area contributed by atoms with Gasteiger partial charge in [-0.1, -0.05) is 41.4 Å². The topological polar surface area (TPSA) is 86.0 Å². The van der Waals surface area contributed by atoms with Crippen molar-refractivity contribution in [2.75, 3.05) is 0 Å². The van der Waals surface area contributed by atoms with Crippen LogP contribution in [0, 0.1) is 0 Å². The van der Waals surface area contributed by atoms with Gasteiger partial charge in [0.1, 0.15) is 12.4 Å². The van der Waals surface area contributed by atoms with Gasteiger partial charge in [-0.15, -0.1) is 5.10 Å². The highest BCUT2D eigenvalue weighted by molar-refractivity contribution is 6.31. The maximum atomic E-state index is 6.10. The van der Waals surface area contributed by atoms with E-state index in [1.54, 1.807) is 18.2 Å². The molecule has 0 aliphatic rings. The van der Waals surface area contributed by atoms with Crippen LogP contribution in [0.3, 0.4) is 0 Å². The van der Waals surface area contributed by atoms with Crippen molar-refractivity contribution in [1.29, 1.82) is 0 Å². The van der Waals surface area contributed by atoms with Crippen molar-refractivity contribution in [3.8, 4) is 5.75 Å². The molecule has 0 amide bonds. The second kappa shape index (κ2) is 7.68. The van der Waals surface area contributed by atoms with Crippen LogP contribution < -0.4 is 16.2 Å². The summed E-state index contributed by atoms with van der Waals surface area (Å²) >= 11 is 12.1. The molecule has 0 aromatic heterocycles. The summed E-state index contributed by atoms with van der Waals surface area (Å²) in [7, 11) is 0. The van der Waals surface area contributed by atoms with E-state index >= 15 is 0 Å². The van der Waals surface area contributed by atoms with Gasteiger partial charge in [0.15, 0.2) is 0 Å². The van der Waals surface area contributed by atoms with Crippen molar-refractivity contribution < 1.29 is 4.74 Å². The lowest BCUT2D eigenvalue weighted by Gasteiger charge is -2.10. The van der Waals surface area contributed by atoms with Crippen LogP contribution in [-0.4, -0.2) is 12.2 Å². The van der Waals surface area contributed by atoms with E-state index in [2.05, 4.69) is 10.2 Å². The fourth-order valence-corrected chi connectivity index (χ4v) is 2.05. The zero-order chi connectivity index (χ0) is 15.9. The van der Waals surface area contributed by atoms with E-state index in [1.807, 2.05) is 24.3 Å². The van der Waals surface area contributed by atoms with Gasteiger partial charge >= 0.3 is 0 Å². The third kappa shape index (κ3) is 4.65. The first-order valence-electron chi connectivity index (χ1n) is 6.34. The Balaban J connectivity index is 2.18. The molecule has 2 rings (SSSR count). The van der Waals surface area contributed by atoms with Crippen molar-refractivity contribution in [2.24, 2.45) is 21.7 Å². The van der Waals surface area contributed by atoms with Crippen LogP contribution in [0.2, 0.25) is 10.0 Å². The molecule has 0 unspecified atom stereocenters. The number of halogens is 2. The van der Waals surface area contributed by atoms with E-state index in [1.165, 1.54) is 6.21 Å². The molecule has 0 heterocycles. The van der Waals surface area contributed by atoms with Gasteiger partial charge in [0.05, 0.1) is 6.21 Å². The zero-order valence-electron chi connectivity index (χ0n) is 11.5. The summed E-state index contributed by atoms with van der Waals surface area (Å²) in [5.41, 5.74) is 12.0. The largest absolute Gasteiger partial charge is 0.488 e. The van der Waals surface area contributed by atoms with Crippen LogP contribution >= 0.6 is 23.2 Å². The first-order valence-corrected chi connectivity index (χ1v) is 7.09. The number of rotatable bonds is 5. The van der Waals surface area contributed by atoms with Gasteiger partial charge in [-0.05, 0) is 24.3 Å². The Morgan fingerprint density at radius 1 is 1.14 bits per heavy atom. The van der Waals surface area contributed by atoms with Crippen LogP contribution in [-0.2, 0) is 6.61 Å². The van der Waals surface area contributed by atoms with Gasteiger partial charge in [-0.25, -0.2) is 0 Å². The van der Waals surface area contributed by atoms with Crippen LogP contribution in [0.4, 0.5) is 0 Å². The highest BCUT2D eigenvalue weighted by Gasteiger charge is 2.05. The Labute approximate surface area is 138 Å². The van der Waals surface area contributed by atoms with E-state index in [0.717, 1.165) is 5.56 Å². The van der Waals surface area contributed by atoms with Crippen molar-refractivity contribution in [3.63, 3.8) is 0 Å². The fourth-order valence-electron chi connectivity index (χ4n) is 1.68. The lowest BCUT2D eigenvalue weighted by Crippen LogP contribution is -2.21. The lowest BCUT2D eigenvalue weighted by molar-refractivity contribution is 0.306. The predicted octanol–water partition coefficient (Wildman–Crippen LogP) is 3.18. The van der Waals surface area contributed by atoms with E-state index in [9.17, 15) is 0 Å². The number of hydrogen-bond acceptors (Lipinski definition) is 3. The Bertz CT molecular complexity index is 712. The minimum Gasteiger partial charge on any atom is -0.488 e. The number of nitrogens with zero attached hydrogens (tertiary/aromatic N) is 2. The van der Waals surface area contributed by atoms with Crippen molar-refractivity contribution in [3.05, 3.63) is 63.6 Å². The minimum absolute atomic E-state index is 0.128. The van der Waals surface area contributed by atoms with Gasteiger partial charge in [0, 0.05) is 21.2 Å². The first-order chi connectivity index (χ1) is 10.6. The summed E-state index contributed by atoms with van der Waals surface area (Å²) in [6.45, 7) is 0.324. The van der Waals surface area contributed by atoms with Crippen LogP contribution in [0.15, 0.2) is 52.7 Å². The van der Waals surface area contributed by atoms with Crippen molar-refractivity contribution in [1.82, 2.24) is 0 Å². The predicted molar refractivity (Wildman–Crippen MR) is 90.6 cm³/mol. The van der Waals surface area contributed by atoms with E-state index < -0.39 is 0 Å². The molecule has 4 N–H and O–H groups in total. The number of benzene rings is 2. The molecule has 0 aliphatic carbocycles. The lowest BCUT2D eigenvalue weighted by atomic mass is 10.2. The monoisotopic (exact) mass is 336 g/mol. The molecular formula is C15H14Cl2N4O. The highest BCUT2D eigenvalue weighted by Crippen LogP contribution is 2.24. The molecule has 0 radical (unpaired) electrons. The summed E-state index contributed by atoms with van der Waals surface area (Å²) < 4.78 is 5.77. The number of hydrogen-bond donors (Lipinski definition) is 2. The van der Waals surface area contributed by atoms with Crippen LogP contribution in [0.1, 0.15) is 11.1 Å². The van der Waals surface area contributed by atoms with Gasteiger partial charge < -0.3 is 16.2 Å². The molecule has 0 atom stereocenters. The van der Waals surface area contributed by atoms with Crippen molar-refractivity contribution in [2.45, 2.75) is 6.61 Å². The standard InChI is InChI=1S/C15H14Cl2N4O/c16-12-5-6-14(11(7-12)8-20-21-15(18)19)22-9-10-3-1-2-4-13(10)17/h1-8H,9H2,(H4,18,19,21). The van der Waals surface area contributed by atoms with Gasteiger partial charge in [-0.2, -0.15) is 5.10 Å². The molecular weight excluding hydrogens is 323 g/mol. The molecule has 114 valence electrons. The van der Waals surface area contributed by atoms with Gasteiger partial charge in [-0.3, -0.25) is 0 Å². The molecule has 5 nitrogen and oxygen atoms in total. The van der Waals surface area contributed by atoms with Crippen molar-refractivity contribution >= 4 is 35.4 Å². The summed E-state index contributed by atoms with van der Waals surface area (Å²) in [5.74, 6) is 0.468. The summed E-state index contributed by atoms with van der Waals surface area (Å²) in [6.07, 6.45) is 1.47. The van der Waals surface area contributed by atoms with E-state index in [-0.39, 0.29) is 5.96 Å². The van der Waals surface area contributed by atoms with Gasteiger partial charge in [0.2, 0.25) is 5.96 Å². The van der Waals surface area contributed by atoms with E-state index in [0.29, 0.717) is 28.0 Å². The second-order valence-corrected chi connectivity index (χ2v) is 5.18. The molecule has 2 aromatic rings. The average Bonchev–Trinajstić information content (AvgIpc) is 2.47. The fraction of sp³-hybridized carbons (Fsp3) is 0.0667. The number of nitrogens with two attached hydrogens (primary N) is 2. The molecule has 0 fully saturated rings. The summed E-state index contributed by atoms with van der Waals surface area (Å²) in [6, 6.07) is 12.6. The summed E-state index contributed by atoms with van der Waals surface area (Å²) in [5, 5.41) is 8.51. The Hall–Kier alpha value is -2.24. The molecule has 0 spiro atoms. The molecule has 0 saturated heterocycles. The smallest absolute Gasteiger partial charge is 0.211 e. The molecule has 0 saturated carbocycles. The Morgan fingerprint density at radius 2 is 1.91 bits per heavy atom.